The predicted octanol–water partition coefficient (Wildman–Crippen LogP) is 2.24. The van der Waals surface area contributed by atoms with Crippen LogP contribution >= 0.6 is 15.9 Å². The number of likely N-dealkylation sites (N-methyl/N-ethyl adjacent to an activating group) is 1. The lowest BCUT2D eigenvalue weighted by atomic mass is 10.2. The lowest BCUT2D eigenvalue weighted by Crippen LogP contribution is -2.28. The van der Waals surface area contributed by atoms with Crippen LogP contribution in [-0.4, -0.2) is 31.6 Å². The molecule has 1 rings (SSSR count). The molecule has 1 aromatic rings. The molecule has 0 spiro atoms. The van der Waals surface area contributed by atoms with Gasteiger partial charge in [0.2, 0.25) is 0 Å². The standard InChI is InChI=1S/C12H19BrN2O/c1-3-15(7-6-14)9-10-8-11(16-2)4-5-12(10)13/h4-5,8H,3,6-7,9,14H2,1-2H3. The molecule has 0 radical (unpaired) electrons. The van der Waals surface area contributed by atoms with Crippen molar-refractivity contribution in [3.63, 3.8) is 0 Å². The van der Waals surface area contributed by atoms with Crippen molar-refractivity contribution in [3.8, 4) is 5.75 Å². The molecular formula is C12H19BrN2O. The number of hydrogen-bond donors (Lipinski definition) is 1. The van der Waals surface area contributed by atoms with Crippen molar-refractivity contribution in [3.05, 3.63) is 28.2 Å². The molecule has 0 bridgehead atoms. The van der Waals surface area contributed by atoms with Crippen LogP contribution in [0.15, 0.2) is 22.7 Å². The van der Waals surface area contributed by atoms with Crippen LogP contribution in [-0.2, 0) is 6.54 Å². The first-order valence-electron chi connectivity index (χ1n) is 5.46. The molecule has 0 aliphatic carbocycles. The van der Waals surface area contributed by atoms with Crippen molar-refractivity contribution < 1.29 is 4.74 Å². The summed E-state index contributed by atoms with van der Waals surface area (Å²) in [6, 6.07) is 6.03. The van der Waals surface area contributed by atoms with Crippen molar-refractivity contribution in [2.24, 2.45) is 5.73 Å². The number of halogens is 1. The summed E-state index contributed by atoms with van der Waals surface area (Å²) in [4.78, 5) is 2.31. The second kappa shape index (κ2) is 6.89. The Balaban J connectivity index is 2.77. The Morgan fingerprint density at radius 1 is 1.44 bits per heavy atom. The summed E-state index contributed by atoms with van der Waals surface area (Å²) < 4.78 is 6.34. The smallest absolute Gasteiger partial charge is 0.119 e. The molecule has 3 nitrogen and oxygen atoms in total. The molecule has 0 aliphatic rings. The van der Waals surface area contributed by atoms with Crippen LogP contribution in [0.3, 0.4) is 0 Å². The van der Waals surface area contributed by atoms with Gasteiger partial charge in [-0.25, -0.2) is 0 Å². The maximum absolute atomic E-state index is 5.57. The summed E-state index contributed by atoms with van der Waals surface area (Å²) in [6.07, 6.45) is 0. The van der Waals surface area contributed by atoms with Crippen molar-refractivity contribution >= 4 is 15.9 Å². The van der Waals surface area contributed by atoms with Gasteiger partial charge in [0.15, 0.2) is 0 Å². The van der Waals surface area contributed by atoms with E-state index in [-0.39, 0.29) is 0 Å². The van der Waals surface area contributed by atoms with E-state index in [0.717, 1.165) is 29.9 Å². The summed E-state index contributed by atoms with van der Waals surface area (Å²) in [5.41, 5.74) is 6.81. The molecule has 16 heavy (non-hydrogen) atoms. The van der Waals surface area contributed by atoms with Gasteiger partial charge < -0.3 is 10.5 Å². The minimum atomic E-state index is 0.690. The van der Waals surface area contributed by atoms with E-state index in [4.69, 9.17) is 10.5 Å². The molecule has 0 atom stereocenters. The van der Waals surface area contributed by atoms with Crippen molar-refractivity contribution in [1.82, 2.24) is 4.90 Å². The summed E-state index contributed by atoms with van der Waals surface area (Å²) in [5.74, 6) is 0.891. The maximum atomic E-state index is 5.57. The molecule has 4 heteroatoms. The zero-order chi connectivity index (χ0) is 12.0. The number of hydrogen-bond acceptors (Lipinski definition) is 3. The van der Waals surface area contributed by atoms with Crippen molar-refractivity contribution in [2.45, 2.75) is 13.5 Å². The topological polar surface area (TPSA) is 38.5 Å². The maximum Gasteiger partial charge on any atom is 0.119 e. The SMILES string of the molecule is CCN(CCN)Cc1cc(OC)ccc1Br. The third-order valence-electron chi connectivity index (χ3n) is 2.54. The average molecular weight is 287 g/mol. The Kier molecular flexibility index (Phi) is 5.80. The van der Waals surface area contributed by atoms with Gasteiger partial charge >= 0.3 is 0 Å². The quantitative estimate of drug-likeness (QED) is 0.872. The number of benzene rings is 1. The lowest BCUT2D eigenvalue weighted by molar-refractivity contribution is 0.287. The van der Waals surface area contributed by atoms with Crippen LogP contribution < -0.4 is 10.5 Å². The van der Waals surface area contributed by atoms with E-state index in [1.165, 1.54) is 5.56 Å². The molecule has 0 amide bonds. The fourth-order valence-electron chi connectivity index (χ4n) is 1.57. The number of methoxy groups -OCH3 is 1. The molecule has 0 aromatic heterocycles. The summed E-state index contributed by atoms with van der Waals surface area (Å²) in [6.45, 7) is 5.64. The van der Waals surface area contributed by atoms with E-state index in [0.29, 0.717) is 6.54 Å². The highest BCUT2D eigenvalue weighted by atomic mass is 79.9. The van der Waals surface area contributed by atoms with Crippen LogP contribution in [0.2, 0.25) is 0 Å². The zero-order valence-electron chi connectivity index (χ0n) is 9.87. The van der Waals surface area contributed by atoms with Gasteiger partial charge in [-0.15, -0.1) is 0 Å². The monoisotopic (exact) mass is 286 g/mol. The molecular weight excluding hydrogens is 268 g/mol. The summed E-state index contributed by atoms with van der Waals surface area (Å²) in [5, 5.41) is 0. The molecule has 0 heterocycles. The lowest BCUT2D eigenvalue weighted by Gasteiger charge is -2.20. The van der Waals surface area contributed by atoms with Crippen LogP contribution in [0.5, 0.6) is 5.75 Å². The minimum absolute atomic E-state index is 0.690. The third-order valence-corrected chi connectivity index (χ3v) is 3.31. The predicted molar refractivity (Wildman–Crippen MR) is 70.7 cm³/mol. The van der Waals surface area contributed by atoms with Crippen molar-refractivity contribution in [1.29, 1.82) is 0 Å². The van der Waals surface area contributed by atoms with E-state index in [1.54, 1.807) is 7.11 Å². The number of nitrogens with zero attached hydrogens (tertiary/aromatic N) is 1. The zero-order valence-corrected chi connectivity index (χ0v) is 11.5. The molecule has 0 aliphatic heterocycles. The molecule has 0 fully saturated rings. The van der Waals surface area contributed by atoms with Crippen LogP contribution in [0.1, 0.15) is 12.5 Å². The Morgan fingerprint density at radius 3 is 2.75 bits per heavy atom. The molecule has 0 saturated carbocycles. The van der Waals surface area contributed by atoms with Crippen LogP contribution in [0, 0.1) is 0 Å². The first kappa shape index (κ1) is 13.5. The third kappa shape index (κ3) is 3.77. The Bertz CT molecular complexity index is 331. The highest BCUT2D eigenvalue weighted by Crippen LogP contribution is 2.23. The van der Waals surface area contributed by atoms with E-state index in [1.807, 2.05) is 12.1 Å². The fraction of sp³-hybridized carbons (Fsp3) is 0.500. The molecule has 0 saturated heterocycles. The first-order valence-corrected chi connectivity index (χ1v) is 6.25. The van der Waals surface area contributed by atoms with Gasteiger partial charge in [-0.05, 0) is 30.3 Å². The van der Waals surface area contributed by atoms with Crippen LogP contribution in [0.25, 0.3) is 0 Å². The van der Waals surface area contributed by atoms with Gasteiger partial charge in [0.1, 0.15) is 5.75 Å². The second-order valence-corrected chi connectivity index (χ2v) is 4.47. The molecule has 1 aromatic carbocycles. The molecule has 90 valence electrons. The van der Waals surface area contributed by atoms with Gasteiger partial charge in [0.25, 0.3) is 0 Å². The second-order valence-electron chi connectivity index (χ2n) is 3.61. The fourth-order valence-corrected chi connectivity index (χ4v) is 1.94. The normalized spacial score (nSPS) is 10.8. The van der Waals surface area contributed by atoms with Crippen molar-refractivity contribution in [2.75, 3.05) is 26.7 Å². The number of rotatable bonds is 6. The largest absolute Gasteiger partial charge is 0.497 e. The summed E-state index contributed by atoms with van der Waals surface area (Å²) >= 11 is 3.55. The first-order chi connectivity index (χ1) is 7.71. The Morgan fingerprint density at radius 2 is 2.19 bits per heavy atom. The highest BCUT2D eigenvalue weighted by Gasteiger charge is 2.07. The number of ether oxygens (including phenoxy) is 1. The highest BCUT2D eigenvalue weighted by molar-refractivity contribution is 9.10. The van der Waals surface area contributed by atoms with Gasteiger partial charge in [-0.3, -0.25) is 4.90 Å². The summed E-state index contributed by atoms with van der Waals surface area (Å²) in [7, 11) is 1.69. The van der Waals surface area contributed by atoms with E-state index < -0.39 is 0 Å². The van der Waals surface area contributed by atoms with Crippen LogP contribution in [0.4, 0.5) is 0 Å². The minimum Gasteiger partial charge on any atom is -0.497 e. The van der Waals surface area contributed by atoms with Gasteiger partial charge in [-0.2, -0.15) is 0 Å². The van der Waals surface area contributed by atoms with E-state index in [2.05, 4.69) is 33.8 Å². The van der Waals surface area contributed by atoms with E-state index in [9.17, 15) is 0 Å². The molecule has 0 unspecified atom stereocenters. The van der Waals surface area contributed by atoms with Gasteiger partial charge in [0.05, 0.1) is 7.11 Å². The van der Waals surface area contributed by atoms with Gasteiger partial charge in [0, 0.05) is 24.1 Å². The molecule has 2 N–H and O–H groups in total. The van der Waals surface area contributed by atoms with Gasteiger partial charge in [-0.1, -0.05) is 22.9 Å². The Labute approximate surface area is 106 Å². The Hall–Kier alpha value is -0.580. The van der Waals surface area contributed by atoms with E-state index >= 15 is 0 Å². The average Bonchev–Trinajstić information content (AvgIpc) is 2.31. The number of nitrogens with two attached hydrogens (primary N) is 1.